The van der Waals surface area contributed by atoms with Gasteiger partial charge in [0.05, 0.1) is 19.6 Å². The maximum Gasteiger partial charge on any atom is 0.348 e. The standard InChI is InChI=1S/C23H26NO3S3/c25-22(23(26,18-6-12-28-15-18)19-7-13-29-16-19)27-21-14-24(8-3-17(21)4-9-24)10-5-20-2-1-11-30-20/h1-2,6-7,11-13,15-17,21,26H,3-5,8-10,14H2/q+1/t17?,21-,24?/m0/s1. The summed E-state index contributed by atoms with van der Waals surface area (Å²) in [5.41, 5.74) is -0.536. The lowest BCUT2D eigenvalue weighted by atomic mass is 9.82. The number of esters is 1. The number of hydrogen-bond acceptors (Lipinski definition) is 6. The van der Waals surface area contributed by atoms with Gasteiger partial charge in [0.15, 0.2) is 6.10 Å². The molecule has 1 N–H and O–H groups in total. The second-order valence-electron chi connectivity index (χ2n) is 8.54. The number of aliphatic hydroxyl groups is 1. The molecule has 2 bridgehead atoms. The highest BCUT2D eigenvalue weighted by molar-refractivity contribution is 7.10. The van der Waals surface area contributed by atoms with Crippen LogP contribution in [0, 0.1) is 5.92 Å². The van der Waals surface area contributed by atoms with Crippen molar-refractivity contribution in [3.63, 3.8) is 0 Å². The number of thiophene rings is 3. The van der Waals surface area contributed by atoms with Gasteiger partial charge in [0.25, 0.3) is 0 Å². The number of carbonyl (C=O) groups is 1. The number of hydrogen-bond donors (Lipinski definition) is 1. The van der Waals surface area contributed by atoms with Crippen LogP contribution in [-0.4, -0.2) is 47.8 Å². The lowest BCUT2D eigenvalue weighted by Crippen LogP contribution is -2.65. The predicted octanol–water partition coefficient (Wildman–Crippen LogP) is 4.50. The summed E-state index contributed by atoms with van der Waals surface area (Å²) < 4.78 is 7.14. The van der Waals surface area contributed by atoms with Crippen LogP contribution >= 0.6 is 34.0 Å². The maximum atomic E-state index is 13.4. The van der Waals surface area contributed by atoms with Crippen molar-refractivity contribution in [2.45, 2.75) is 31.0 Å². The van der Waals surface area contributed by atoms with Crippen molar-refractivity contribution in [3.05, 3.63) is 67.2 Å². The third kappa shape index (κ3) is 3.67. The monoisotopic (exact) mass is 460 g/mol. The lowest BCUT2D eigenvalue weighted by Gasteiger charge is -2.52. The number of piperidine rings is 3. The molecule has 0 unspecified atom stereocenters. The smallest absolute Gasteiger partial charge is 0.348 e. The normalized spacial score (nSPS) is 26.0. The minimum Gasteiger partial charge on any atom is -0.453 e. The molecule has 0 aliphatic carbocycles. The van der Waals surface area contributed by atoms with Crippen LogP contribution in [0.4, 0.5) is 0 Å². The molecule has 3 aromatic heterocycles. The molecule has 6 heterocycles. The van der Waals surface area contributed by atoms with Crippen molar-refractivity contribution in [2.24, 2.45) is 5.92 Å². The van der Waals surface area contributed by atoms with E-state index in [1.807, 2.05) is 45.0 Å². The minimum atomic E-state index is -1.73. The van der Waals surface area contributed by atoms with Gasteiger partial charge in [-0.1, -0.05) is 6.07 Å². The molecule has 0 amide bonds. The lowest BCUT2D eigenvalue weighted by molar-refractivity contribution is -0.946. The first-order chi connectivity index (χ1) is 14.6. The predicted molar refractivity (Wildman–Crippen MR) is 122 cm³/mol. The molecule has 158 valence electrons. The summed E-state index contributed by atoms with van der Waals surface area (Å²) in [6.07, 6.45) is 3.15. The molecule has 3 aliphatic rings. The third-order valence-corrected chi connectivity index (χ3v) is 9.19. The molecule has 0 radical (unpaired) electrons. The Balaban J connectivity index is 1.34. The van der Waals surface area contributed by atoms with Crippen molar-refractivity contribution < 1.29 is 19.1 Å². The van der Waals surface area contributed by atoms with Gasteiger partial charge in [0.2, 0.25) is 5.60 Å². The molecule has 6 rings (SSSR count). The molecular formula is C23H26NO3S3+. The van der Waals surface area contributed by atoms with Gasteiger partial charge in [-0.3, -0.25) is 0 Å². The number of nitrogens with zero attached hydrogens (tertiary/aromatic N) is 1. The Morgan fingerprint density at radius 3 is 2.37 bits per heavy atom. The fourth-order valence-corrected chi connectivity index (χ4v) is 7.13. The number of quaternary nitrogens is 1. The summed E-state index contributed by atoms with van der Waals surface area (Å²) in [6, 6.07) is 7.95. The first kappa shape index (κ1) is 20.4. The van der Waals surface area contributed by atoms with Crippen molar-refractivity contribution in [3.8, 4) is 0 Å². The van der Waals surface area contributed by atoms with Crippen LogP contribution in [-0.2, 0) is 21.6 Å². The molecule has 0 spiro atoms. The van der Waals surface area contributed by atoms with E-state index in [9.17, 15) is 9.90 Å². The Bertz CT molecular complexity index is 923. The number of carbonyl (C=O) groups excluding carboxylic acids is 1. The zero-order valence-corrected chi connectivity index (χ0v) is 19.2. The second-order valence-corrected chi connectivity index (χ2v) is 11.1. The van der Waals surface area contributed by atoms with Crippen LogP contribution in [0.2, 0.25) is 0 Å². The molecule has 3 saturated heterocycles. The van der Waals surface area contributed by atoms with Gasteiger partial charge in [-0.2, -0.15) is 22.7 Å². The Labute approximate surface area is 189 Å². The average Bonchev–Trinajstić information content (AvgIpc) is 3.56. The van der Waals surface area contributed by atoms with E-state index in [0.29, 0.717) is 17.0 Å². The van der Waals surface area contributed by atoms with E-state index in [4.69, 9.17) is 4.74 Å². The van der Waals surface area contributed by atoms with Gasteiger partial charge in [-0.15, -0.1) is 11.3 Å². The summed E-state index contributed by atoms with van der Waals surface area (Å²) in [7, 11) is 0. The second kappa shape index (κ2) is 8.20. The molecule has 7 heteroatoms. The van der Waals surface area contributed by atoms with E-state index in [-0.39, 0.29) is 6.10 Å². The molecule has 30 heavy (non-hydrogen) atoms. The first-order valence-electron chi connectivity index (χ1n) is 10.5. The van der Waals surface area contributed by atoms with Crippen molar-refractivity contribution in [2.75, 3.05) is 26.2 Å². The summed E-state index contributed by atoms with van der Waals surface area (Å²) in [4.78, 5) is 14.8. The van der Waals surface area contributed by atoms with E-state index in [1.165, 1.54) is 40.6 Å². The summed E-state index contributed by atoms with van der Waals surface area (Å²) in [5.74, 6) is -0.126. The van der Waals surface area contributed by atoms with Crippen LogP contribution in [0.5, 0.6) is 0 Å². The van der Waals surface area contributed by atoms with Gasteiger partial charge in [-0.05, 0) is 45.1 Å². The molecule has 0 aromatic carbocycles. The number of fused-ring (bicyclic) bond motifs is 3. The van der Waals surface area contributed by atoms with Crippen molar-refractivity contribution in [1.29, 1.82) is 0 Å². The zero-order valence-electron chi connectivity index (χ0n) is 16.7. The van der Waals surface area contributed by atoms with E-state index < -0.39 is 11.6 Å². The van der Waals surface area contributed by atoms with Crippen LogP contribution in [0.25, 0.3) is 0 Å². The summed E-state index contributed by atoms with van der Waals surface area (Å²) in [5, 5.41) is 21.1. The summed E-state index contributed by atoms with van der Waals surface area (Å²) >= 11 is 4.77. The van der Waals surface area contributed by atoms with Gasteiger partial charge in [-0.25, -0.2) is 4.79 Å². The molecule has 3 aliphatic heterocycles. The Hall–Kier alpha value is -1.51. The van der Waals surface area contributed by atoms with E-state index >= 15 is 0 Å². The van der Waals surface area contributed by atoms with Crippen LogP contribution in [0.15, 0.2) is 51.2 Å². The Morgan fingerprint density at radius 1 is 1.10 bits per heavy atom. The van der Waals surface area contributed by atoms with Gasteiger partial charge < -0.3 is 14.3 Å². The Morgan fingerprint density at radius 2 is 1.80 bits per heavy atom. The van der Waals surface area contributed by atoms with Crippen LogP contribution in [0.1, 0.15) is 28.8 Å². The zero-order chi connectivity index (χ0) is 20.6. The van der Waals surface area contributed by atoms with Gasteiger partial charge in [0, 0.05) is 41.2 Å². The highest BCUT2D eigenvalue weighted by atomic mass is 32.1. The van der Waals surface area contributed by atoms with Gasteiger partial charge >= 0.3 is 5.97 Å². The Kier molecular flexibility index (Phi) is 5.58. The number of ether oxygens (including phenoxy) is 1. The molecule has 3 aromatic rings. The average molecular weight is 461 g/mol. The molecule has 4 nitrogen and oxygen atoms in total. The van der Waals surface area contributed by atoms with Crippen LogP contribution in [0.3, 0.4) is 0 Å². The van der Waals surface area contributed by atoms with Crippen molar-refractivity contribution >= 4 is 40.0 Å². The highest BCUT2D eigenvalue weighted by Crippen LogP contribution is 2.39. The highest BCUT2D eigenvalue weighted by Gasteiger charge is 2.50. The quantitative estimate of drug-likeness (QED) is 0.417. The molecule has 1 atom stereocenters. The first-order valence-corrected chi connectivity index (χ1v) is 13.2. The summed E-state index contributed by atoms with van der Waals surface area (Å²) in [6.45, 7) is 4.30. The van der Waals surface area contributed by atoms with E-state index in [0.717, 1.165) is 36.8 Å². The molecular weight excluding hydrogens is 434 g/mol. The molecule has 0 saturated carbocycles. The largest absolute Gasteiger partial charge is 0.453 e. The van der Waals surface area contributed by atoms with E-state index in [1.54, 1.807) is 0 Å². The minimum absolute atomic E-state index is 0.118. The topological polar surface area (TPSA) is 46.5 Å². The van der Waals surface area contributed by atoms with Crippen LogP contribution < -0.4 is 0 Å². The van der Waals surface area contributed by atoms with Gasteiger partial charge in [0.1, 0.15) is 6.54 Å². The van der Waals surface area contributed by atoms with Crippen molar-refractivity contribution in [1.82, 2.24) is 0 Å². The molecule has 3 fully saturated rings. The number of rotatable bonds is 7. The fourth-order valence-electron chi connectivity index (χ4n) is 5.04. The fraction of sp³-hybridized carbons (Fsp3) is 0.435. The maximum absolute atomic E-state index is 13.4. The third-order valence-electron chi connectivity index (χ3n) is 6.89. The SMILES string of the molecule is O=C(O[C@H]1C[N+]2(CCc3cccs3)CCC1CC2)C(O)(c1ccsc1)c1ccsc1. The van der Waals surface area contributed by atoms with E-state index in [2.05, 4.69) is 17.5 Å².